The first kappa shape index (κ1) is 24.8. The molecule has 2 aliphatic heterocycles. The Hall–Kier alpha value is -3.33. The quantitative estimate of drug-likeness (QED) is 0.563. The molecule has 0 N–H and O–H groups in total. The van der Waals surface area contributed by atoms with E-state index in [1.54, 1.807) is 23.4 Å². The molecular weight excluding hydrogens is 446 g/mol. The lowest BCUT2D eigenvalue weighted by Gasteiger charge is -2.34. The second kappa shape index (κ2) is 10.9. The van der Waals surface area contributed by atoms with Crippen LogP contribution in [0.5, 0.6) is 5.88 Å². The van der Waals surface area contributed by atoms with Gasteiger partial charge in [0.05, 0.1) is 0 Å². The summed E-state index contributed by atoms with van der Waals surface area (Å²) in [4.78, 5) is 50.9. The summed E-state index contributed by atoms with van der Waals surface area (Å²) >= 11 is 0. The van der Waals surface area contributed by atoms with Gasteiger partial charge < -0.3 is 9.64 Å². The molecular formula is C26H33N5O4. The molecule has 0 atom stereocenters. The Morgan fingerprint density at radius 1 is 0.943 bits per heavy atom. The summed E-state index contributed by atoms with van der Waals surface area (Å²) < 4.78 is 5.46. The van der Waals surface area contributed by atoms with Gasteiger partial charge in [-0.25, -0.2) is 9.78 Å². The van der Waals surface area contributed by atoms with E-state index < -0.39 is 6.09 Å². The van der Waals surface area contributed by atoms with Crippen LogP contribution >= 0.6 is 0 Å². The normalized spacial score (nSPS) is 18.6. The van der Waals surface area contributed by atoms with E-state index >= 15 is 0 Å². The van der Waals surface area contributed by atoms with Gasteiger partial charge in [0.2, 0.25) is 17.7 Å². The van der Waals surface area contributed by atoms with Crippen LogP contribution in [-0.4, -0.2) is 81.8 Å². The minimum absolute atomic E-state index is 0.123. The minimum Gasteiger partial charge on any atom is -0.391 e. The van der Waals surface area contributed by atoms with Gasteiger partial charge in [-0.2, -0.15) is 0 Å². The van der Waals surface area contributed by atoms with Gasteiger partial charge in [0.15, 0.2) is 0 Å². The number of hydrogen-bond donors (Lipinski definition) is 0. The summed E-state index contributed by atoms with van der Waals surface area (Å²) in [5.74, 6) is -0.00602. The van der Waals surface area contributed by atoms with Crippen LogP contribution in [0.1, 0.15) is 37.8 Å². The third kappa shape index (κ3) is 6.85. The van der Waals surface area contributed by atoms with Crippen LogP contribution in [0.4, 0.5) is 4.79 Å². The van der Waals surface area contributed by atoms with E-state index in [0.29, 0.717) is 38.9 Å². The van der Waals surface area contributed by atoms with Crippen LogP contribution in [0.2, 0.25) is 0 Å². The molecule has 0 radical (unpaired) electrons. The van der Waals surface area contributed by atoms with Crippen LogP contribution in [0.3, 0.4) is 0 Å². The number of pyridine rings is 2. The average molecular weight is 480 g/mol. The molecule has 0 aliphatic carbocycles. The standard InChI is InChI=1S/C26H33N5O4/c1-26(2)16-23(32)31(24(33)17-26)11-8-21-5-6-22(28-19-21)35-25(34)30-14-12-29(13-15-30)10-7-20-4-3-9-27-18-20/h3-6,9,18-19H,7-8,10-17H2,1-2H3. The molecule has 35 heavy (non-hydrogen) atoms. The number of amides is 3. The van der Waals surface area contributed by atoms with Crippen molar-refractivity contribution in [3.05, 3.63) is 54.0 Å². The number of imide groups is 1. The Bertz CT molecular complexity index is 1010. The number of aromatic nitrogens is 2. The number of likely N-dealkylation sites (tertiary alicyclic amines) is 1. The third-order valence-electron chi connectivity index (χ3n) is 6.55. The van der Waals surface area contributed by atoms with Crippen molar-refractivity contribution >= 4 is 17.9 Å². The molecule has 2 saturated heterocycles. The molecule has 0 unspecified atom stereocenters. The molecule has 2 aromatic rings. The van der Waals surface area contributed by atoms with Crippen molar-refractivity contribution < 1.29 is 19.1 Å². The molecule has 3 amide bonds. The van der Waals surface area contributed by atoms with E-state index in [0.717, 1.165) is 31.6 Å². The minimum atomic E-state index is -0.399. The molecule has 186 valence electrons. The second-order valence-electron chi connectivity index (χ2n) is 10.0. The zero-order valence-electron chi connectivity index (χ0n) is 20.5. The molecule has 9 nitrogen and oxygen atoms in total. The summed E-state index contributed by atoms with van der Waals surface area (Å²) in [6.07, 6.45) is 7.10. The molecule has 0 spiro atoms. The summed E-state index contributed by atoms with van der Waals surface area (Å²) in [6.45, 7) is 7.96. The zero-order valence-corrected chi connectivity index (χ0v) is 20.5. The SMILES string of the molecule is CC1(C)CC(=O)N(CCc2ccc(OC(=O)N3CCN(CCc4cccnc4)CC3)nc2)C(=O)C1. The monoisotopic (exact) mass is 479 g/mol. The molecule has 9 heteroatoms. The highest BCUT2D eigenvalue weighted by Gasteiger charge is 2.37. The lowest BCUT2D eigenvalue weighted by Crippen LogP contribution is -2.50. The molecule has 0 aromatic carbocycles. The summed E-state index contributed by atoms with van der Waals surface area (Å²) in [5, 5.41) is 0. The number of hydrogen-bond acceptors (Lipinski definition) is 7. The fourth-order valence-corrected chi connectivity index (χ4v) is 4.46. The van der Waals surface area contributed by atoms with Crippen LogP contribution in [0.15, 0.2) is 42.9 Å². The van der Waals surface area contributed by atoms with E-state index in [1.165, 1.54) is 10.5 Å². The van der Waals surface area contributed by atoms with Crippen molar-refractivity contribution in [1.29, 1.82) is 0 Å². The second-order valence-corrected chi connectivity index (χ2v) is 10.0. The van der Waals surface area contributed by atoms with E-state index in [9.17, 15) is 14.4 Å². The predicted octanol–water partition coefficient (Wildman–Crippen LogP) is 2.55. The van der Waals surface area contributed by atoms with Crippen molar-refractivity contribution in [3.8, 4) is 5.88 Å². The van der Waals surface area contributed by atoms with Crippen LogP contribution in [0, 0.1) is 5.41 Å². The van der Waals surface area contributed by atoms with Crippen LogP contribution in [0.25, 0.3) is 0 Å². The lowest BCUT2D eigenvalue weighted by atomic mass is 9.81. The van der Waals surface area contributed by atoms with Gasteiger partial charge in [0, 0.05) is 76.8 Å². The topological polar surface area (TPSA) is 95.9 Å². The van der Waals surface area contributed by atoms with Gasteiger partial charge in [0.25, 0.3) is 0 Å². The first-order valence-electron chi connectivity index (χ1n) is 12.2. The summed E-state index contributed by atoms with van der Waals surface area (Å²) in [6, 6.07) is 7.49. The number of carbonyl (C=O) groups is 3. The van der Waals surface area contributed by atoms with Crippen molar-refractivity contribution in [2.24, 2.45) is 5.41 Å². The van der Waals surface area contributed by atoms with Gasteiger partial charge in [-0.1, -0.05) is 26.0 Å². The van der Waals surface area contributed by atoms with Gasteiger partial charge in [-0.05, 0) is 35.4 Å². The highest BCUT2D eigenvalue weighted by Crippen LogP contribution is 2.31. The first-order chi connectivity index (χ1) is 16.8. The van der Waals surface area contributed by atoms with Crippen LogP contribution in [-0.2, 0) is 22.4 Å². The Kier molecular flexibility index (Phi) is 7.75. The first-order valence-corrected chi connectivity index (χ1v) is 12.2. The molecule has 2 fully saturated rings. The Balaban J connectivity index is 1.19. The van der Waals surface area contributed by atoms with Gasteiger partial charge in [-0.3, -0.25) is 24.4 Å². The Labute approximate surface area is 206 Å². The zero-order chi connectivity index (χ0) is 24.8. The maximum atomic E-state index is 12.6. The maximum Gasteiger partial charge on any atom is 0.416 e. The highest BCUT2D eigenvalue weighted by molar-refractivity contribution is 5.98. The predicted molar refractivity (Wildman–Crippen MR) is 130 cm³/mol. The summed E-state index contributed by atoms with van der Waals surface area (Å²) in [7, 11) is 0. The molecule has 4 heterocycles. The fourth-order valence-electron chi connectivity index (χ4n) is 4.46. The Morgan fingerprint density at radius 3 is 2.26 bits per heavy atom. The molecule has 2 aromatic heterocycles. The number of nitrogens with zero attached hydrogens (tertiary/aromatic N) is 5. The molecule has 2 aliphatic rings. The van der Waals surface area contributed by atoms with Crippen molar-refractivity contribution in [3.63, 3.8) is 0 Å². The number of carbonyl (C=O) groups excluding carboxylic acids is 3. The molecule has 0 saturated carbocycles. The summed E-state index contributed by atoms with van der Waals surface area (Å²) in [5.41, 5.74) is 1.81. The lowest BCUT2D eigenvalue weighted by molar-refractivity contribution is -0.152. The van der Waals surface area contributed by atoms with Crippen molar-refractivity contribution in [1.82, 2.24) is 24.7 Å². The average Bonchev–Trinajstić information content (AvgIpc) is 2.83. The van der Waals surface area contributed by atoms with E-state index in [1.807, 2.05) is 32.2 Å². The largest absolute Gasteiger partial charge is 0.416 e. The number of ether oxygens (including phenoxy) is 1. The third-order valence-corrected chi connectivity index (χ3v) is 6.55. The van der Waals surface area contributed by atoms with Crippen molar-refractivity contribution in [2.45, 2.75) is 39.5 Å². The van der Waals surface area contributed by atoms with Gasteiger partial charge >= 0.3 is 6.09 Å². The fraction of sp³-hybridized carbons (Fsp3) is 0.500. The van der Waals surface area contributed by atoms with Gasteiger partial charge in [0.1, 0.15) is 0 Å². The smallest absolute Gasteiger partial charge is 0.391 e. The Morgan fingerprint density at radius 2 is 1.63 bits per heavy atom. The highest BCUT2D eigenvalue weighted by atomic mass is 16.6. The maximum absolute atomic E-state index is 12.6. The number of piperazine rings is 1. The van der Waals surface area contributed by atoms with E-state index in [-0.39, 0.29) is 23.1 Å². The number of rotatable bonds is 7. The van der Waals surface area contributed by atoms with Crippen LogP contribution < -0.4 is 4.74 Å². The van der Waals surface area contributed by atoms with Crippen molar-refractivity contribution in [2.75, 3.05) is 39.3 Å². The van der Waals surface area contributed by atoms with E-state index in [2.05, 4.69) is 20.9 Å². The van der Waals surface area contributed by atoms with Gasteiger partial charge in [-0.15, -0.1) is 0 Å². The van der Waals surface area contributed by atoms with E-state index in [4.69, 9.17) is 4.74 Å². The number of piperidine rings is 1. The molecule has 0 bridgehead atoms. The molecule has 4 rings (SSSR count).